The summed E-state index contributed by atoms with van der Waals surface area (Å²) < 4.78 is 57.8. The van der Waals surface area contributed by atoms with Gasteiger partial charge in [-0.3, -0.25) is 0 Å². The molecule has 7 heteroatoms. The zero-order chi connectivity index (χ0) is 12.8. The van der Waals surface area contributed by atoms with E-state index in [4.69, 9.17) is 0 Å². The van der Waals surface area contributed by atoms with Crippen molar-refractivity contribution in [1.29, 1.82) is 0 Å². The van der Waals surface area contributed by atoms with Gasteiger partial charge < -0.3 is 5.32 Å². The molecular formula is C9H18F3NO2S. The average Bonchev–Trinajstić information content (AvgIpc) is 2.09. The number of nitrogens with one attached hydrogen (secondary N) is 1. The van der Waals surface area contributed by atoms with Crippen LogP contribution in [0, 0.1) is 0 Å². The third-order valence-corrected chi connectivity index (χ3v) is 4.31. The van der Waals surface area contributed by atoms with Gasteiger partial charge in [0, 0.05) is 13.0 Å². The van der Waals surface area contributed by atoms with Crippen molar-refractivity contribution in [3.63, 3.8) is 0 Å². The molecule has 0 aromatic heterocycles. The van der Waals surface area contributed by atoms with Gasteiger partial charge in [-0.15, -0.1) is 0 Å². The number of halogens is 3. The Hall–Kier alpha value is -0.300. The summed E-state index contributed by atoms with van der Waals surface area (Å²) >= 11 is 0. The molecule has 0 bridgehead atoms. The summed E-state index contributed by atoms with van der Waals surface area (Å²) in [5.74, 6) is -0.0311. The predicted molar refractivity (Wildman–Crippen MR) is 57.1 cm³/mol. The minimum Gasteiger partial charge on any atom is -0.316 e. The molecule has 16 heavy (non-hydrogen) atoms. The fraction of sp³-hybridized carbons (Fsp3) is 1.00. The molecule has 0 aliphatic carbocycles. The highest BCUT2D eigenvalue weighted by Gasteiger charge is 2.25. The lowest BCUT2D eigenvalue weighted by Crippen LogP contribution is -2.28. The molecule has 0 amide bonds. The van der Waals surface area contributed by atoms with E-state index in [9.17, 15) is 21.6 Å². The molecule has 1 N–H and O–H groups in total. The van der Waals surface area contributed by atoms with E-state index in [2.05, 4.69) is 5.32 Å². The Morgan fingerprint density at radius 2 is 1.75 bits per heavy atom. The third-order valence-electron chi connectivity index (χ3n) is 2.10. The molecule has 0 aliphatic rings. The average molecular weight is 261 g/mol. The van der Waals surface area contributed by atoms with Crippen LogP contribution in [0.25, 0.3) is 0 Å². The summed E-state index contributed by atoms with van der Waals surface area (Å²) in [6.07, 6.45) is -4.99. The Morgan fingerprint density at radius 3 is 2.19 bits per heavy atom. The molecule has 0 saturated carbocycles. The van der Waals surface area contributed by atoms with Crippen molar-refractivity contribution in [3.8, 4) is 0 Å². The molecule has 0 saturated heterocycles. The Kier molecular flexibility index (Phi) is 6.32. The van der Waals surface area contributed by atoms with Crippen molar-refractivity contribution in [2.24, 2.45) is 0 Å². The van der Waals surface area contributed by atoms with Gasteiger partial charge >= 0.3 is 6.18 Å². The van der Waals surface area contributed by atoms with Gasteiger partial charge in [-0.05, 0) is 26.8 Å². The van der Waals surface area contributed by atoms with Gasteiger partial charge in [0.25, 0.3) is 0 Å². The number of hydrogen-bond donors (Lipinski definition) is 1. The Labute approximate surface area is 94.3 Å². The van der Waals surface area contributed by atoms with Gasteiger partial charge in [0.2, 0.25) is 0 Å². The molecule has 0 aromatic rings. The first-order valence-corrected chi connectivity index (χ1v) is 6.86. The van der Waals surface area contributed by atoms with Crippen LogP contribution in [0.4, 0.5) is 13.2 Å². The second-order valence-corrected chi connectivity index (χ2v) is 6.56. The first-order chi connectivity index (χ1) is 7.15. The number of sulfone groups is 1. The van der Waals surface area contributed by atoms with Crippen molar-refractivity contribution < 1.29 is 21.6 Å². The van der Waals surface area contributed by atoms with Gasteiger partial charge in [0.05, 0.1) is 11.0 Å². The van der Waals surface area contributed by atoms with Crippen molar-refractivity contribution in [3.05, 3.63) is 0 Å². The number of hydrogen-bond acceptors (Lipinski definition) is 3. The van der Waals surface area contributed by atoms with Gasteiger partial charge in [-0.1, -0.05) is 0 Å². The Balaban J connectivity index is 3.56. The van der Waals surface area contributed by atoms with E-state index in [0.29, 0.717) is 0 Å². The lowest BCUT2D eigenvalue weighted by Gasteiger charge is -2.09. The van der Waals surface area contributed by atoms with E-state index >= 15 is 0 Å². The molecule has 98 valence electrons. The summed E-state index contributed by atoms with van der Waals surface area (Å²) in [5, 5.41) is 2.25. The normalized spacial score (nSPS) is 13.4. The largest absolute Gasteiger partial charge is 0.389 e. The quantitative estimate of drug-likeness (QED) is 0.710. The molecule has 0 radical (unpaired) electrons. The molecule has 0 rings (SSSR count). The van der Waals surface area contributed by atoms with Crippen LogP contribution in [-0.2, 0) is 9.84 Å². The van der Waals surface area contributed by atoms with Crippen LogP contribution in [0.1, 0.15) is 26.7 Å². The van der Waals surface area contributed by atoms with Gasteiger partial charge in [0.15, 0.2) is 9.84 Å². The van der Waals surface area contributed by atoms with Crippen LogP contribution in [-0.4, -0.2) is 38.7 Å². The fourth-order valence-corrected chi connectivity index (χ4v) is 1.89. The van der Waals surface area contributed by atoms with Crippen molar-refractivity contribution in [1.82, 2.24) is 5.32 Å². The highest BCUT2D eigenvalue weighted by atomic mass is 32.2. The standard InChI is InChI=1S/C9H18F3NO2S/c1-8(2)16(14,15)7-6-13-5-3-4-9(10,11)12/h8,13H,3-7H2,1-2H3. The first-order valence-electron chi connectivity index (χ1n) is 5.14. The summed E-state index contributed by atoms with van der Waals surface area (Å²) in [7, 11) is -3.10. The smallest absolute Gasteiger partial charge is 0.316 e. The van der Waals surface area contributed by atoms with Gasteiger partial charge in [0.1, 0.15) is 0 Å². The molecule has 0 aliphatic heterocycles. The van der Waals surface area contributed by atoms with Gasteiger partial charge in [-0.2, -0.15) is 13.2 Å². The molecule has 0 heterocycles. The minimum absolute atomic E-state index is 0.0226. The van der Waals surface area contributed by atoms with E-state index in [1.807, 2.05) is 0 Å². The third kappa shape index (κ3) is 7.92. The molecule has 3 nitrogen and oxygen atoms in total. The molecular weight excluding hydrogens is 243 g/mol. The van der Waals surface area contributed by atoms with Crippen LogP contribution in [0.2, 0.25) is 0 Å². The molecule has 0 unspecified atom stereocenters. The second-order valence-electron chi connectivity index (χ2n) is 3.88. The van der Waals surface area contributed by atoms with Crippen LogP contribution in [0.15, 0.2) is 0 Å². The minimum atomic E-state index is -4.13. The summed E-state index contributed by atoms with van der Waals surface area (Å²) in [6.45, 7) is 3.56. The molecule has 0 atom stereocenters. The van der Waals surface area contributed by atoms with Crippen molar-refractivity contribution in [2.45, 2.75) is 38.1 Å². The van der Waals surface area contributed by atoms with Crippen LogP contribution in [0.3, 0.4) is 0 Å². The Bertz CT molecular complexity index is 286. The van der Waals surface area contributed by atoms with E-state index < -0.39 is 27.7 Å². The van der Waals surface area contributed by atoms with Crippen LogP contribution < -0.4 is 5.32 Å². The summed E-state index contributed by atoms with van der Waals surface area (Å²) in [4.78, 5) is 0. The number of alkyl halides is 3. The van der Waals surface area contributed by atoms with Crippen LogP contribution >= 0.6 is 0 Å². The van der Waals surface area contributed by atoms with E-state index in [1.54, 1.807) is 13.8 Å². The highest BCUT2D eigenvalue weighted by Crippen LogP contribution is 2.20. The highest BCUT2D eigenvalue weighted by molar-refractivity contribution is 7.92. The maximum atomic E-state index is 11.7. The van der Waals surface area contributed by atoms with Gasteiger partial charge in [-0.25, -0.2) is 8.42 Å². The maximum absolute atomic E-state index is 11.7. The second kappa shape index (κ2) is 6.44. The topological polar surface area (TPSA) is 46.2 Å². The predicted octanol–water partition coefficient (Wildman–Crippen LogP) is 1.74. The zero-order valence-corrected chi connectivity index (χ0v) is 10.3. The summed E-state index contributed by atoms with van der Waals surface area (Å²) in [5.41, 5.74) is 0. The van der Waals surface area contributed by atoms with Crippen molar-refractivity contribution in [2.75, 3.05) is 18.8 Å². The monoisotopic (exact) mass is 261 g/mol. The van der Waals surface area contributed by atoms with Crippen LogP contribution in [0.5, 0.6) is 0 Å². The lowest BCUT2D eigenvalue weighted by molar-refractivity contribution is -0.135. The first kappa shape index (κ1) is 15.7. The molecule has 0 aromatic carbocycles. The maximum Gasteiger partial charge on any atom is 0.389 e. The van der Waals surface area contributed by atoms with E-state index in [-0.39, 0.29) is 25.3 Å². The van der Waals surface area contributed by atoms with E-state index in [0.717, 1.165) is 0 Å². The molecule has 0 spiro atoms. The van der Waals surface area contributed by atoms with E-state index in [1.165, 1.54) is 0 Å². The summed E-state index contributed by atoms with van der Waals surface area (Å²) in [6, 6.07) is 0. The zero-order valence-electron chi connectivity index (χ0n) is 9.47. The fourth-order valence-electron chi connectivity index (χ4n) is 0.989. The molecule has 0 fully saturated rings. The Morgan fingerprint density at radius 1 is 1.19 bits per heavy atom. The lowest BCUT2D eigenvalue weighted by atomic mass is 10.3. The number of rotatable bonds is 7. The van der Waals surface area contributed by atoms with Crippen molar-refractivity contribution >= 4 is 9.84 Å². The SMILES string of the molecule is CC(C)S(=O)(=O)CCNCCCC(F)(F)F.